The van der Waals surface area contributed by atoms with E-state index in [1.165, 1.54) is 0 Å². The Morgan fingerprint density at radius 1 is 1.35 bits per heavy atom. The van der Waals surface area contributed by atoms with Gasteiger partial charge < -0.3 is 10.4 Å². The molecule has 0 saturated heterocycles. The predicted octanol–water partition coefficient (Wildman–Crippen LogP) is 2.87. The van der Waals surface area contributed by atoms with Crippen LogP contribution in [0.3, 0.4) is 0 Å². The number of hydrogen-bond acceptors (Lipinski definition) is 2. The Balaban J connectivity index is 1.82. The first-order valence-corrected chi connectivity index (χ1v) is 7.60. The SMILES string of the molecule is O=C(O)C1CCC1C(=O)NCCc1cc(Cl)ccc1Br. The molecule has 1 amide bonds. The molecule has 1 aliphatic carbocycles. The van der Waals surface area contributed by atoms with Gasteiger partial charge in [0.15, 0.2) is 0 Å². The quantitative estimate of drug-likeness (QED) is 0.848. The van der Waals surface area contributed by atoms with Gasteiger partial charge in [-0.25, -0.2) is 0 Å². The van der Waals surface area contributed by atoms with E-state index >= 15 is 0 Å². The zero-order valence-electron chi connectivity index (χ0n) is 10.7. The fraction of sp³-hybridized carbons (Fsp3) is 0.429. The fourth-order valence-electron chi connectivity index (χ4n) is 2.30. The van der Waals surface area contributed by atoms with Gasteiger partial charge in [0.2, 0.25) is 5.91 Å². The van der Waals surface area contributed by atoms with E-state index in [2.05, 4.69) is 21.2 Å². The van der Waals surface area contributed by atoms with Gasteiger partial charge in [-0.1, -0.05) is 27.5 Å². The van der Waals surface area contributed by atoms with Gasteiger partial charge in [-0.05, 0) is 43.0 Å². The molecule has 2 unspecified atom stereocenters. The molecule has 1 saturated carbocycles. The summed E-state index contributed by atoms with van der Waals surface area (Å²) >= 11 is 9.35. The van der Waals surface area contributed by atoms with Crippen molar-refractivity contribution in [2.45, 2.75) is 19.3 Å². The Bertz CT molecular complexity index is 535. The third-order valence-corrected chi connectivity index (χ3v) is 4.64. The van der Waals surface area contributed by atoms with E-state index in [1.54, 1.807) is 6.07 Å². The molecule has 2 N–H and O–H groups in total. The monoisotopic (exact) mass is 359 g/mol. The Morgan fingerprint density at radius 2 is 2.05 bits per heavy atom. The Hall–Kier alpha value is -1.07. The highest BCUT2D eigenvalue weighted by atomic mass is 79.9. The van der Waals surface area contributed by atoms with Crippen LogP contribution >= 0.6 is 27.5 Å². The van der Waals surface area contributed by atoms with Gasteiger partial charge in [0.1, 0.15) is 0 Å². The maximum Gasteiger partial charge on any atom is 0.307 e. The van der Waals surface area contributed by atoms with Crippen molar-refractivity contribution in [3.63, 3.8) is 0 Å². The van der Waals surface area contributed by atoms with Crippen LogP contribution in [0.15, 0.2) is 22.7 Å². The second-order valence-electron chi connectivity index (χ2n) is 4.91. The summed E-state index contributed by atoms with van der Waals surface area (Å²) in [4.78, 5) is 22.7. The van der Waals surface area contributed by atoms with Gasteiger partial charge in [0.05, 0.1) is 11.8 Å². The number of carboxylic acid groups (broad SMARTS) is 1. The highest BCUT2D eigenvalue weighted by Gasteiger charge is 2.41. The molecule has 0 aromatic heterocycles. The molecule has 2 atom stereocenters. The predicted molar refractivity (Wildman–Crippen MR) is 79.7 cm³/mol. The van der Waals surface area contributed by atoms with Crippen molar-refractivity contribution in [3.05, 3.63) is 33.3 Å². The summed E-state index contributed by atoms with van der Waals surface area (Å²) in [5.41, 5.74) is 1.01. The lowest BCUT2D eigenvalue weighted by Crippen LogP contribution is -2.44. The van der Waals surface area contributed by atoms with Crippen LogP contribution < -0.4 is 5.32 Å². The third-order valence-electron chi connectivity index (χ3n) is 3.63. The average molecular weight is 361 g/mol. The second kappa shape index (κ2) is 6.59. The number of benzene rings is 1. The van der Waals surface area contributed by atoms with Gasteiger partial charge in [0.25, 0.3) is 0 Å². The molecule has 0 bridgehead atoms. The van der Waals surface area contributed by atoms with Crippen LogP contribution in [0, 0.1) is 11.8 Å². The second-order valence-corrected chi connectivity index (χ2v) is 6.20. The fourth-order valence-corrected chi connectivity index (χ4v) is 2.94. The average Bonchev–Trinajstić information content (AvgIpc) is 2.31. The molecule has 2 rings (SSSR count). The first kappa shape index (κ1) is 15.3. The van der Waals surface area contributed by atoms with Gasteiger partial charge >= 0.3 is 5.97 Å². The highest BCUT2D eigenvalue weighted by molar-refractivity contribution is 9.10. The summed E-state index contributed by atoms with van der Waals surface area (Å²) in [6.07, 6.45) is 1.90. The van der Waals surface area contributed by atoms with Crippen molar-refractivity contribution >= 4 is 39.4 Å². The van der Waals surface area contributed by atoms with Crippen LogP contribution in [-0.2, 0) is 16.0 Å². The first-order valence-electron chi connectivity index (χ1n) is 6.43. The summed E-state index contributed by atoms with van der Waals surface area (Å²) < 4.78 is 0.947. The molecule has 108 valence electrons. The van der Waals surface area contributed by atoms with Gasteiger partial charge in [-0.15, -0.1) is 0 Å². The van der Waals surface area contributed by atoms with E-state index in [1.807, 2.05) is 12.1 Å². The summed E-state index contributed by atoms with van der Waals surface area (Å²) in [5, 5.41) is 12.4. The number of aliphatic carboxylic acids is 1. The molecule has 6 heteroatoms. The maximum absolute atomic E-state index is 11.9. The number of amides is 1. The Labute approximate surface area is 130 Å². The lowest BCUT2D eigenvalue weighted by atomic mass is 9.73. The number of carboxylic acids is 1. The smallest absolute Gasteiger partial charge is 0.307 e. The molecule has 0 spiro atoms. The minimum Gasteiger partial charge on any atom is -0.481 e. The number of carbonyl (C=O) groups is 2. The summed E-state index contributed by atoms with van der Waals surface area (Å²) in [7, 11) is 0. The molecule has 1 aromatic carbocycles. The molecular weight excluding hydrogens is 346 g/mol. The molecular formula is C14H15BrClNO3. The number of hydrogen-bond donors (Lipinski definition) is 2. The molecule has 0 heterocycles. The molecule has 4 nitrogen and oxygen atoms in total. The van der Waals surface area contributed by atoms with E-state index in [4.69, 9.17) is 16.7 Å². The van der Waals surface area contributed by atoms with E-state index < -0.39 is 11.9 Å². The zero-order chi connectivity index (χ0) is 14.7. The number of halogens is 2. The van der Waals surface area contributed by atoms with Crippen molar-refractivity contribution in [2.75, 3.05) is 6.54 Å². The zero-order valence-corrected chi connectivity index (χ0v) is 13.1. The van der Waals surface area contributed by atoms with Crippen LogP contribution in [0.5, 0.6) is 0 Å². The van der Waals surface area contributed by atoms with Crippen LogP contribution in [0.4, 0.5) is 0 Å². The van der Waals surface area contributed by atoms with Crippen molar-refractivity contribution in [2.24, 2.45) is 11.8 Å². The van der Waals surface area contributed by atoms with Crippen molar-refractivity contribution in [3.8, 4) is 0 Å². The van der Waals surface area contributed by atoms with Crippen molar-refractivity contribution in [1.82, 2.24) is 5.32 Å². The summed E-state index contributed by atoms with van der Waals surface area (Å²) in [6, 6.07) is 5.51. The lowest BCUT2D eigenvalue weighted by molar-refractivity contribution is -0.152. The first-order chi connectivity index (χ1) is 9.49. The van der Waals surface area contributed by atoms with Crippen LogP contribution in [0.1, 0.15) is 18.4 Å². The standard InChI is InChI=1S/C14H15BrClNO3/c15-12-4-1-9(16)7-8(12)5-6-17-13(18)10-2-3-11(10)14(19)20/h1,4,7,10-11H,2-3,5-6H2,(H,17,18)(H,19,20). The maximum atomic E-state index is 11.9. The van der Waals surface area contributed by atoms with Crippen molar-refractivity contribution < 1.29 is 14.7 Å². The lowest BCUT2D eigenvalue weighted by Gasteiger charge is -2.31. The van der Waals surface area contributed by atoms with Crippen LogP contribution in [0.25, 0.3) is 0 Å². The Kier molecular flexibility index (Phi) is 5.05. The van der Waals surface area contributed by atoms with Gasteiger partial charge in [-0.2, -0.15) is 0 Å². The number of carbonyl (C=O) groups excluding carboxylic acids is 1. The molecule has 0 radical (unpaired) electrons. The van der Waals surface area contributed by atoms with E-state index in [0.717, 1.165) is 10.0 Å². The van der Waals surface area contributed by atoms with Crippen LogP contribution in [-0.4, -0.2) is 23.5 Å². The summed E-state index contributed by atoms with van der Waals surface area (Å²) in [6.45, 7) is 0.473. The number of rotatable bonds is 5. The van der Waals surface area contributed by atoms with E-state index in [-0.39, 0.29) is 11.8 Å². The minimum atomic E-state index is -0.881. The van der Waals surface area contributed by atoms with Crippen molar-refractivity contribution in [1.29, 1.82) is 0 Å². The largest absolute Gasteiger partial charge is 0.481 e. The summed E-state index contributed by atoms with van der Waals surface area (Å²) in [5.74, 6) is -1.95. The highest BCUT2D eigenvalue weighted by Crippen LogP contribution is 2.34. The van der Waals surface area contributed by atoms with E-state index in [0.29, 0.717) is 30.8 Å². The third kappa shape index (κ3) is 3.52. The molecule has 0 aliphatic heterocycles. The van der Waals surface area contributed by atoms with E-state index in [9.17, 15) is 9.59 Å². The topological polar surface area (TPSA) is 66.4 Å². The van der Waals surface area contributed by atoms with Crippen LogP contribution in [0.2, 0.25) is 5.02 Å². The normalized spacial score (nSPS) is 21.1. The molecule has 1 fully saturated rings. The Morgan fingerprint density at radius 3 is 2.65 bits per heavy atom. The van der Waals surface area contributed by atoms with Gasteiger partial charge in [0, 0.05) is 16.0 Å². The molecule has 1 aromatic rings. The molecule has 20 heavy (non-hydrogen) atoms. The van der Waals surface area contributed by atoms with Gasteiger partial charge in [-0.3, -0.25) is 9.59 Å². The molecule has 1 aliphatic rings. The number of nitrogens with one attached hydrogen (secondary N) is 1. The minimum absolute atomic E-state index is 0.165.